The quantitative estimate of drug-likeness (QED) is 0.133. The van der Waals surface area contributed by atoms with Gasteiger partial charge in [-0.15, -0.1) is 0 Å². The smallest absolute Gasteiger partial charge is 0.330 e. The van der Waals surface area contributed by atoms with Crippen molar-refractivity contribution in [3.63, 3.8) is 0 Å². The van der Waals surface area contributed by atoms with E-state index in [1.807, 2.05) is 44.2 Å². The van der Waals surface area contributed by atoms with Crippen LogP contribution >= 0.6 is 0 Å². The summed E-state index contributed by atoms with van der Waals surface area (Å²) >= 11 is 0. The number of fused-ring (bicyclic) bond motifs is 6. The summed E-state index contributed by atoms with van der Waals surface area (Å²) in [4.78, 5) is 2.29. The van der Waals surface area contributed by atoms with Gasteiger partial charge in [0.1, 0.15) is 11.2 Å². The van der Waals surface area contributed by atoms with Crippen LogP contribution in [0.2, 0.25) is 0 Å². The van der Waals surface area contributed by atoms with E-state index < -0.39 is 11.2 Å². The first-order valence-electron chi connectivity index (χ1n) is 16.7. The fraction of sp³-hybridized carbons (Fsp3) is 0.136. The fourth-order valence-corrected chi connectivity index (χ4v) is 6.51. The van der Waals surface area contributed by atoms with Crippen LogP contribution in [0.1, 0.15) is 27.7 Å². The summed E-state index contributed by atoms with van der Waals surface area (Å²) in [5.74, 6) is 0. The monoisotopic (exact) mass is 638 g/mol. The maximum Gasteiger partial charge on any atom is 0.330 e. The summed E-state index contributed by atoms with van der Waals surface area (Å²) in [6.07, 6.45) is 0. The number of nitrogens with zero attached hydrogens (tertiary/aromatic N) is 1. The van der Waals surface area contributed by atoms with Crippen molar-refractivity contribution in [1.29, 1.82) is 0 Å². The number of furan rings is 1. The van der Waals surface area contributed by atoms with Gasteiger partial charge < -0.3 is 19.1 Å². The molecule has 7 aromatic carbocycles. The minimum atomic E-state index is -1.00. The Bertz CT molecular complexity index is 2460. The van der Waals surface area contributed by atoms with Crippen LogP contribution in [0, 0.1) is 0 Å². The number of para-hydroxylation sites is 1. The zero-order valence-electron chi connectivity index (χ0n) is 28.1. The molecule has 5 heteroatoms. The number of hydrogen-bond donors (Lipinski definition) is 1. The first-order chi connectivity index (χ1) is 23.7. The van der Waals surface area contributed by atoms with Crippen molar-refractivity contribution in [3.8, 4) is 11.1 Å². The minimum absolute atomic E-state index is 0.756. The first-order valence-corrected chi connectivity index (χ1v) is 16.7. The summed E-state index contributed by atoms with van der Waals surface area (Å²) in [7, 11) is 1.72. The van der Waals surface area contributed by atoms with Gasteiger partial charge in [0.05, 0.1) is 22.3 Å². The molecule has 239 valence electrons. The molecule has 0 atom stereocenters. The van der Waals surface area contributed by atoms with Crippen molar-refractivity contribution in [3.05, 3.63) is 146 Å². The Labute approximate surface area is 287 Å². The third-order valence-corrected chi connectivity index (χ3v) is 9.94. The van der Waals surface area contributed by atoms with Crippen molar-refractivity contribution in [1.82, 2.24) is 0 Å². The minimum Gasteiger partial charge on any atom is -0.456 e. The second-order valence-corrected chi connectivity index (χ2v) is 13.7. The highest BCUT2D eigenvalue weighted by atomic mass is 16.5. The molecule has 0 spiro atoms. The molecule has 4 nitrogen and oxygen atoms in total. The Morgan fingerprint density at radius 2 is 1.18 bits per heavy atom. The molecule has 1 aromatic heterocycles. The predicted octanol–water partition coefficient (Wildman–Crippen LogP) is 10.8. The molecule has 1 heterocycles. The summed E-state index contributed by atoms with van der Waals surface area (Å²) in [5.41, 5.74) is 6.29. The van der Waals surface area contributed by atoms with E-state index in [9.17, 15) is 5.11 Å². The third-order valence-electron chi connectivity index (χ3n) is 9.94. The van der Waals surface area contributed by atoms with Crippen LogP contribution in [0.5, 0.6) is 0 Å². The molecular formula is C44H37BNO3. The van der Waals surface area contributed by atoms with Crippen LogP contribution < -0.4 is 10.4 Å². The molecule has 0 unspecified atom stereocenters. The fourth-order valence-electron chi connectivity index (χ4n) is 6.51. The molecular weight excluding hydrogens is 601 g/mol. The van der Waals surface area contributed by atoms with Gasteiger partial charge in [-0.3, -0.25) is 0 Å². The molecule has 0 fully saturated rings. The second-order valence-electron chi connectivity index (χ2n) is 13.7. The molecule has 0 saturated carbocycles. The van der Waals surface area contributed by atoms with E-state index in [2.05, 4.69) is 120 Å². The van der Waals surface area contributed by atoms with Gasteiger partial charge >= 0.3 is 7.48 Å². The van der Waals surface area contributed by atoms with E-state index in [1.165, 1.54) is 27.1 Å². The first kappa shape index (κ1) is 30.9. The molecule has 0 bridgehead atoms. The number of hydrogen-bond acceptors (Lipinski definition) is 4. The number of anilines is 3. The van der Waals surface area contributed by atoms with Crippen molar-refractivity contribution >= 4 is 73.5 Å². The Balaban J connectivity index is 1.24. The summed E-state index contributed by atoms with van der Waals surface area (Å²) in [6.45, 7) is 7.30. The van der Waals surface area contributed by atoms with Gasteiger partial charge in [-0.05, 0) is 109 Å². The lowest BCUT2D eigenvalue weighted by atomic mass is 9.82. The van der Waals surface area contributed by atoms with Crippen LogP contribution in [-0.2, 0) is 4.65 Å². The second kappa shape index (κ2) is 12.0. The Kier molecular flexibility index (Phi) is 7.55. The Morgan fingerprint density at radius 1 is 0.592 bits per heavy atom. The number of aliphatic hydroxyl groups is 1. The predicted molar refractivity (Wildman–Crippen MR) is 206 cm³/mol. The van der Waals surface area contributed by atoms with Gasteiger partial charge in [0.2, 0.25) is 0 Å². The highest BCUT2D eigenvalue weighted by Gasteiger charge is 2.35. The van der Waals surface area contributed by atoms with E-state index in [-0.39, 0.29) is 0 Å². The normalized spacial score (nSPS) is 12.3. The van der Waals surface area contributed by atoms with E-state index in [0.29, 0.717) is 0 Å². The highest BCUT2D eigenvalue weighted by Crippen LogP contribution is 2.43. The molecule has 49 heavy (non-hydrogen) atoms. The highest BCUT2D eigenvalue weighted by molar-refractivity contribution is 6.47. The lowest BCUT2D eigenvalue weighted by molar-refractivity contribution is -0.0893. The summed E-state index contributed by atoms with van der Waals surface area (Å²) < 4.78 is 12.4. The number of rotatable bonds is 8. The maximum absolute atomic E-state index is 10.6. The van der Waals surface area contributed by atoms with Crippen molar-refractivity contribution in [2.45, 2.75) is 38.9 Å². The molecule has 1 radical (unpaired) electrons. The topological polar surface area (TPSA) is 45.8 Å². The standard InChI is InChI=1S/C44H37BNO3/c1-43(2,47)44(3,4)49-45-31-22-26-33(27-23-31)46(39-17-11-19-41-42(39)37-16-9-10-18-40(37)48-41)32-24-20-29(21-25-32)38-28-30-12-5-6-13-34(30)35-14-7-8-15-36(35)38/h5-28,47H,1-4H3. The molecule has 0 saturated heterocycles. The molecule has 0 amide bonds. The van der Waals surface area contributed by atoms with Crippen LogP contribution in [0.3, 0.4) is 0 Å². The van der Waals surface area contributed by atoms with E-state index >= 15 is 0 Å². The zero-order valence-corrected chi connectivity index (χ0v) is 28.1. The molecule has 8 aromatic rings. The van der Waals surface area contributed by atoms with Gasteiger partial charge in [0.15, 0.2) is 0 Å². The zero-order chi connectivity index (χ0) is 33.8. The largest absolute Gasteiger partial charge is 0.456 e. The van der Waals surface area contributed by atoms with Gasteiger partial charge in [-0.25, -0.2) is 0 Å². The van der Waals surface area contributed by atoms with Crippen molar-refractivity contribution in [2.75, 3.05) is 4.90 Å². The van der Waals surface area contributed by atoms with Crippen LogP contribution in [0.25, 0.3) is 54.6 Å². The Hall–Kier alpha value is -5.36. The van der Waals surface area contributed by atoms with Gasteiger partial charge in [0, 0.05) is 16.8 Å². The van der Waals surface area contributed by atoms with E-state index in [0.717, 1.165) is 50.0 Å². The van der Waals surface area contributed by atoms with Crippen LogP contribution in [0.4, 0.5) is 17.1 Å². The molecule has 0 aliphatic rings. The molecule has 8 rings (SSSR count). The summed E-state index contributed by atoms with van der Waals surface area (Å²) in [6, 6.07) is 51.2. The van der Waals surface area contributed by atoms with Crippen molar-refractivity contribution < 1.29 is 14.2 Å². The number of benzene rings is 7. The molecule has 0 aliphatic heterocycles. The van der Waals surface area contributed by atoms with Crippen LogP contribution in [0.15, 0.2) is 150 Å². The summed E-state index contributed by atoms with van der Waals surface area (Å²) in [5, 5.41) is 17.7. The molecule has 0 aliphatic carbocycles. The molecule has 1 N–H and O–H groups in total. The van der Waals surface area contributed by atoms with E-state index in [1.54, 1.807) is 21.3 Å². The van der Waals surface area contributed by atoms with Gasteiger partial charge in [-0.2, -0.15) is 0 Å². The van der Waals surface area contributed by atoms with E-state index in [4.69, 9.17) is 9.07 Å². The maximum atomic E-state index is 10.6. The lowest BCUT2D eigenvalue weighted by Gasteiger charge is -2.37. The third kappa shape index (κ3) is 5.55. The average molecular weight is 639 g/mol. The van der Waals surface area contributed by atoms with Gasteiger partial charge in [-0.1, -0.05) is 103 Å². The Morgan fingerprint density at radius 3 is 1.90 bits per heavy atom. The lowest BCUT2D eigenvalue weighted by Crippen LogP contribution is -2.49. The van der Waals surface area contributed by atoms with Crippen molar-refractivity contribution in [2.24, 2.45) is 0 Å². The van der Waals surface area contributed by atoms with Crippen LogP contribution in [-0.4, -0.2) is 23.8 Å². The average Bonchev–Trinajstić information content (AvgIpc) is 3.50. The van der Waals surface area contributed by atoms with Gasteiger partial charge in [0.25, 0.3) is 0 Å². The SMILES string of the molecule is CC(C)(O)C(C)(C)O[B]c1ccc(N(c2ccc(-c3cc4ccccc4c4ccccc34)cc2)c2cccc3oc4ccccc4c23)cc1.